The maximum Gasteiger partial charge on any atom is 0.326 e. The van der Waals surface area contributed by atoms with Crippen LogP contribution in [0.3, 0.4) is 0 Å². The highest BCUT2D eigenvalue weighted by atomic mass is 35.5. The minimum Gasteiger partial charge on any atom is -0.494 e. The van der Waals surface area contributed by atoms with Crippen molar-refractivity contribution in [2.75, 3.05) is 24.4 Å². The predicted octanol–water partition coefficient (Wildman–Crippen LogP) is 2.37. The molecule has 3 amide bonds. The number of benzene rings is 1. The van der Waals surface area contributed by atoms with Crippen molar-refractivity contribution in [2.24, 2.45) is 0 Å². The third-order valence-corrected chi connectivity index (χ3v) is 2.43. The number of ether oxygens (including phenoxy) is 2. The van der Waals surface area contributed by atoms with Gasteiger partial charge in [-0.05, 0) is 26.0 Å². The van der Waals surface area contributed by atoms with E-state index in [1.807, 2.05) is 13.8 Å². The Morgan fingerprint density at radius 1 is 1.20 bits per heavy atom. The number of amides is 3. The number of carbonyl (C=O) groups excluding carboxylic acids is 2. The van der Waals surface area contributed by atoms with E-state index >= 15 is 0 Å². The van der Waals surface area contributed by atoms with Gasteiger partial charge in [0.05, 0.1) is 18.9 Å². The molecule has 0 bridgehead atoms. The summed E-state index contributed by atoms with van der Waals surface area (Å²) in [5.41, 5.74) is 0.415. The molecule has 0 spiro atoms. The lowest BCUT2D eigenvalue weighted by Gasteiger charge is -2.13. The summed E-state index contributed by atoms with van der Waals surface area (Å²) < 4.78 is 10.7. The number of halogens is 1. The lowest BCUT2D eigenvalue weighted by molar-refractivity contribution is -0.117. The maximum absolute atomic E-state index is 11.6. The second-order valence-corrected chi connectivity index (χ2v) is 3.93. The Morgan fingerprint density at radius 2 is 1.90 bits per heavy atom. The fraction of sp³-hybridized carbons (Fsp3) is 0.385. The average molecular weight is 301 g/mol. The normalized spacial score (nSPS) is 9.75. The Labute approximate surface area is 122 Å². The molecule has 0 aliphatic carbocycles. The van der Waals surface area contributed by atoms with Gasteiger partial charge >= 0.3 is 6.03 Å². The van der Waals surface area contributed by atoms with Crippen molar-refractivity contribution >= 4 is 29.2 Å². The fourth-order valence-corrected chi connectivity index (χ4v) is 1.53. The molecule has 0 radical (unpaired) electrons. The second kappa shape index (κ2) is 8.27. The summed E-state index contributed by atoms with van der Waals surface area (Å²) in [6, 6.07) is 4.37. The van der Waals surface area contributed by atoms with Gasteiger partial charge in [-0.3, -0.25) is 10.1 Å². The maximum atomic E-state index is 11.6. The summed E-state index contributed by atoms with van der Waals surface area (Å²) in [7, 11) is 0. The molecule has 0 heterocycles. The average Bonchev–Trinajstić information content (AvgIpc) is 2.42. The van der Waals surface area contributed by atoms with Gasteiger partial charge < -0.3 is 14.8 Å². The van der Waals surface area contributed by atoms with E-state index in [-0.39, 0.29) is 5.88 Å². The zero-order chi connectivity index (χ0) is 15.0. The monoisotopic (exact) mass is 300 g/mol. The van der Waals surface area contributed by atoms with Gasteiger partial charge in [-0.2, -0.15) is 0 Å². The van der Waals surface area contributed by atoms with Crippen molar-refractivity contribution in [1.29, 1.82) is 0 Å². The summed E-state index contributed by atoms with van der Waals surface area (Å²) in [4.78, 5) is 22.6. The molecule has 7 heteroatoms. The molecule has 2 N–H and O–H groups in total. The van der Waals surface area contributed by atoms with Crippen LogP contribution < -0.4 is 20.1 Å². The number of imide groups is 1. The first-order valence-corrected chi connectivity index (χ1v) is 6.70. The van der Waals surface area contributed by atoms with Crippen molar-refractivity contribution < 1.29 is 19.1 Å². The van der Waals surface area contributed by atoms with E-state index in [0.29, 0.717) is 30.4 Å². The number of nitrogens with one attached hydrogen (secondary N) is 2. The molecule has 0 atom stereocenters. The van der Waals surface area contributed by atoms with E-state index in [1.165, 1.54) is 0 Å². The molecule has 1 aromatic carbocycles. The lowest BCUT2D eigenvalue weighted by Crippen LogP contribution is -2.35. The number of hydrogen-bond donors (Lipinski definition) is 2. The topological polar surface area (TPSA) is 76.7 Å². The van der Waals surface area contributed by atoms with Crippen LogP contribution in [0.1, 0.15) is 13.8 Å². The molecular weight excluding hydrogens is 284 g/mol. The van der Waals surface area contributed by atoms with Crippen molar-refractivity contribution in [3.05, 3.63) is 18.2 Å². The van der Waals surface area contributed by atoms with Crippen LogP contribution in [0, 0.1) is 0 Å². The Hall–Kier alpha value is -1.95. The minimum atomic E-state index is -0.676. The van der Waals surface area contributed by atoms with Crippen LogP contribution >= 0.6 is 11.6 Å². The van der Waals surface area contributed by atoms with Gasteiger partial charge in [0.15, 0.2) is 0 Å². The summed E-state index contributed by atoms with van der Waals surface area (Å²) >= 11 is 5.31. The Kier molecular flexibility index (Phi) is 6.66. The predicted molar refractivity (Wildman–Crippen MR) is 76.7 cm³/mol. The molecular formula is C13H17ClN2O4. The highest BCUT2D eigenvalue weighted by molar-refractivity contribution is 6.28. The molecule has 0 saturated heterocycles. The molecule has 0 saturated carbocycles. The fourth-order valence-electron chi connectivity index (χ4n) is 1.46. The van der Waals surface area contributed by atoms with Crippen LogP contribution in [0.15, 0.2) is 18.2 Å². The van der Waals surface area contributed by atoms with E-state index in [1.54, 1.807) is 18.2 Å². The Morgan fingerprint density at radius 3 is 2.50 bits per heavy atom. The van der Waals surface area contributed by atoms with Crippen LogP contribution in [-0.4, -0.2) is 31.0 Å². The Bertz CT molecular complexity index is 479. The molecule has 0 aromatic heterocycles. The molecule has 0 aliphatic heterocycles. The van der Waals surface area contributed by atoms with E-state index in [0.717, 1.165) is 0 Å². The first kappa shape index (κ1) is 16.1. The standard InChI is InChI=1S/C13H17ClN2O4/c1-3-19-9-5-6-11(20-4-2)10(7-9)15-13(18)16-12(17)8-14/h5-7H,3-4,8H2,1-2H3,(H2,15,16,17,18). The molecule has 6 nitrogen and oxygen atoms in total. The second-order valence-electron chi connectivity index (χ2n) is 3.66. The summed E-state index contributed by atoms with van der Waals surface area (Å²) in [5.74, 6) is 0.215. The zero-order valence-electron chi connectivity index (χ0n) is 11.4. The number of urea groups is 1. The third kappa shape index (κ3) is 4.97. The van der Waals surface area contributed by atoms with Crippen molar-refractivity contribution in [1.82, 2.24) is 5.32 Å². The lowest BCUT2D eigenvalue weighted by atomic mass is 10.2. The largest absolute Gasteiger partial charge is 0.494 e. The summed E-state index contributed by atoms with van der Waals surface area (Å²) in [6.07, 6.45) is 0. The van der Waals surface area contributed by atoms with Crippen molar-refractivity contribution in [3.63, 3.8) is 0 Å². The molecule has 0 unspecified atom stereocenters. The van der Waals surface area contributed by atoms with Gasteiger partial charge in [0.25, 0.3) is 0 Å². The minimum absolute atomic E-state index is 0.287. The van der Waals surface area contributed by atoms with E-state index in [4.69, 9.17) is 21.1 Å². The summed E-state index contributed by atoms with van der Waals surface area (Å²) in [5, 5.41) is 4.61. The Balaban J connectivity index is 2.85. The van der Waals surface area contributed by atoms with Crippen molar-refractivity contribution in [3.8, 4) is 11.5 Å². The SMILES string of the molecule is CCOc1ccc(OCC)c(NC(=O)NC(=O)CCl)c1. The van der Waals surface area contributed by atoms with Gasteiger partial charge in [0.1, 0.15) is 17.4 Å². The molecule has 1 aromatic rings. The number of rotatable bonds is 6. The van der Waals surface area contributed by atoms with E-state index in [2.05, 4.69) is 10.6 Å². The molecule has 1 rings (SSSR count). The molecule has 0 fully saturated rings. The first-order valence-electron chi connectivity index (χ1n) is 6.17. The smallest absolute Gasteiger partial charge is 0.326 e. The molecule has 0 aliphatic rings. The van der Waals surface area contributed by atoms with Gasteiger partial charge in [-0.15, -0.1) is 11.6 Å². The van der Waals surface area contributed by atoms with Crippen LogP contribution in [0.5, 0.6) is 11.5 Å². The summed E-state index contributed by atoms with van der Waals surface area (Å²) in [6.45, 7) is 4.64. The number of hydrogen-bond acceptors (Lipinski definition) is 4. The zero-order valence-corrected chi connectivity index (χ0v) is 12.1. The van der Waals surface area contributed by atoms with Crippen LogP contribution in [0.25, 0.3) is 0 Å². The van der Waals surface area contributed by atoms with Crippen molar-refractivity contribution in [2.45, 2.75) is 13.8 Å². The number of anilines is 1. The number of alkyl halides is 1. The van der Waals surface area contributed by atoms with Crippen LogP contribution in [0.2, 0.25) is 0 Å². The highest BCUT2D eigenvalue weighted by Gasteiger charge is 2.11. The van der Waals surface area contributed by atoms with Crippen LogP contribution in [0.4, 0.5) is 10.5 Å². The highest BCUT2D eigenvalue weighted by Crippen LogP contribution is 2.29. The van der Waals surface area contributed by atoms with Gasteiger partial charge in [0, 0.05) is 6.07 Å². The van der Waals surface area contributed by atoms with E-state index < -0.39 is 11.9 Å². The number of carbonyl (C=O) groups is 2. The van der Waals surface area contributed by atoms with Gasteiger partial charge in [0.2, 0.25) is 5.91 Å². The quantitative estimate of drug-likeness (QED) is 0.791. The first-order chi connectivity index (χ1) is 9.60. The molecule has 110 valence electrons. The van der Waals surface area contributed by atoms with Gasteiger partial charge in [-0.25, -0.2) is 4.79 Å². The van der Waals surface area contributed by atoms with E-state index in [9.17, 15) is 9.59 Å². The molecule has 20 heavy (non-hydrogen) atoms. The van der Waals surface area contributed by atoms with Crippen LogP contribution in [-0.2, 0) is 4.79 Å². The third-order valence-electron chi connectivity index (χ3n) is 2.18. The van der Waals surface area contributed by atoms with Gasteiger partial charge in [-0.1, -0.05) is 0 Å².